The molecule has 3 rings (SSSR count). The third kappa shape index (κ3) is 8.43. The first kappa shape index (κ1) is 34.2. The van der Waals surface area contributed by atoms with Crippen LogP contribution in [-0.2, 0) is 26.2 Å². The number of amides is 2. The molecule has 238 valence electrons. The lowest BCUT2D eigenvalue weighted by Gasteiger charge is -2.33. The van der Waals surface area contributed by atoms with Crippen LogP contribution in [-0.4, -0.2) is 64.6 Å². The van der Waals surface area contributed by atoms with E-state index in [1.165, 1.54) is 37.3 Å². The van der Waals surface area contributed by atoms with E-state index in [4.69, 9.17) is 14.2 Å². The van der Waals surface area contributed by atoms with E-state index < -0.39 is 28.5 Å². The summed E-state index contributed by atoms with van der Waals surface area (Å²) in [4.78, 5) is 28.9. The van der Waals surface area contributed by atoms with Crippen LogP contribution in [0.25, 0.3) is 0 Å². The minimum atomic E-state index is -4.31. The lowest BCUT2D eigenvalue weighted by Crippen LogP contribution is -2.53. The number of hydrogen-bond donors (Lipinski definition) is 1. The molecule has 3 aromatic carbocycles. The van der Waals surface area contributed by atoms with Crippen LogP contribution in [0.4, 0.5) is 5.69 Å². The lowest BCUT2D eigenvalue weighted by molar-refractivity contribution is -0.140. The van der Waals surface area contributed by atoms with Crippen molar-refractivity contribution in [2.75, 3.05) is 31.7 Å². The highest BCUT2D eigenvalue weighted by atomic mass is 32.2. The van der Waals surface area contributed by atoms with E-state index >= 15 is 0 Å². The second-order valence-electron chi connectivity index (χ2n) is 10.5. The fourth-order valence-corrected chi connectivity index (χ4v) is 6.13. The average Bonchev–Trinajstić information content (AvgIpc) is 3.00. The zero-order valence-corrected chi connectivity index (χ0v) is 27.3. The maximum absolute atomic E-state index is 14.2. The molecule has 1 atom stereocenters. The summed E-state index contributed by atoms with van der Waals surface area (Å²) < 4.78 is 45.7. The van der Waals surface area contributed by atoms with Gasteiger partial charge in [-0.25, -0.2) is 8.42 Å². The van der Waals surface area contributed by atoms with Crippen molar-refractivity contribution >= 4 is 27.5 Å². The van der Waals surface area contributed by atoms with Crippen LogP contribution in [0.1, 0.15) is 45.2 Å². The number of carbonyl (C=O) groups is 2. The van der Waals surface area contributed by atoms with Gasteiger partial charge in [-0.15, -0.1) is 0 Å². The number of methoxy groups -OCH3 is 2. The summed E-state index contributed by atoms with van der Waals surface area (Å²) in [6.07, 6.45) is 0.335. The Bertz CT molecular complexity index is 1510. The first-order valence-electron chi connectivity index (χ1n) is 14.6. The molecule has 0 saturated heterocycles. The van der Waals surface area contributed by atoms with Crippen molar-refractivity contribution in [3.8, 4) is 17.2 Å². The Hall–Kier alpha value is -4.25. The van der Waals surface area contributed by atoms with Crippen LogP contribution in [0.5, 0.6) is 17.2 Å². The van der Waals surface area contributed by atoms with E-state index in [0.29, 0.717) is 24.5 Å². The SMILES string of the molecule is CCOc1ccc(N(CC(=O)N(Cc2ccc(C)cc2)[C@@H](CC)C(=O)NC(C)C)S(=O)(=O)c2ccc(OC)c(OC)c2)cc1. The summed E-state index contributed by atoms with van der Waals surface area (Å²) in [6.45, 7) is 9.34. The number of carbonyl (C=O) groups excluding carboxylic acids is 2. The van der Waals surface area contributed by atoms with Gasteiger partial charge in [0, 0.05) is 18.7 Å². The van der Waals surface area contributed by atoms with Gasteiger partial charge in [-0.2, -0.15) is 0 Å². The van der Waals surface area contributed by atoms with Gasteiger partial charge in [0.25, 0.3) is 10.0 Å². The van der Waals surface area contributed by atoms with Crippen molar-refractivity contribution in [2.45, 2.75) is 64.6 Å². The van der Waals surface area contributed by atoms with Crippen LogP contribution in [0.2, 0.25) is 0 Å². The summed E-state index contributed by atoms with van der Waals surface area (Å²) >= 11 is 0. The Kier molecular flexibility index (Phi) is 12.0. The van der Waals surface area contributed by atoms with Gasteiger partial charge in [-0.05, 0) is 76.1 Å². The fourth-order valence-electron chi connectivity index (χ4n) is 4.70. The van der Waals surface area contributed by atoms with E-state index in [-0.39, 0.29) is 34.8 Å². The number of benzene rings is 3. The minimum Gasteiger partial charge on any atom is -0.494 e. The molecular formula is C33H43N3O7S. The molecule has 0 bridgehead atoms. The number of anilines is 1. The molecule has 0 spiro atoms. The van der Waals surface area contributed by atoms with E-state index in [2.05, 4.69) is 5.32 Å². The highest BCUT2D eigenvalue weighted by molar-refractivity contribution is 7.92. The molecule has 0 aliphatic rings. The van der Waals surface area contributed by atoms with Gasteiger partial charge in [-0.3, -0.25) is 13.9 Å². The Morgan fingerprint density at radius 2 is 1.52 bits per heavy atom. The van der Waals surface area contributed by atoms with Gasteiger partial charge >= 0.3 is 0 Å². The van der Waals surface area contributed by atoms with Crippen molar-refractivity contribution in [1.82, 2.24) is 10.2 Å². The van der Waals surface area contributed by atoms with Gasteiger partial charge in [-0.1, -0.05) is 36.8 Å². The summed E-state index contributed by atoms with van der Waals surface area (Å²) in [5, 5.41) is 2.90. The molecule has 10 nitrogen and oxygen atoms in total. The van der Waals surface area contributed by atoms with Crippen molar-refractivity contribution < 1.29 is 32.2 Å². The summed E-state index contributed by atoms with van der Waals surface area (Å²) in [6, 6.07) is 17.4. The highest BCUT2D eigenvalue weighted by Gasteiger charge is 2.34. The van der Waals surface area contributed by atoms with Crippen LogP contribution in [0, 0.1) is 6.92 Å². The molecule has 0 aliphatic carbocycles. The van der Waals surface area contributed by atoms with Crippen LogP contribution < -0.4 is 23.8 Å². The lowest BCUT2D eigenvalue weighted by atomic mass is 10.1. The molecule has 11 heteroatoms. The standard InChI is InChI=1S/C33H43N3O7S/c1-8-29(33(38)34-23(3)4)35(21-25-12-10-24(5)11-13-25)32(37)22-36(26-14-16-27(17-15-26)43-9-2)44(39,40)28-18-19-30(41-6)31(20-28)42-7/h10-20,23,29H,8-9,21-22H2,1-7H3,(H,34,38)/t29-/m0/s1. The third-order valence-electron chi connectivity index (χ3n) is 6.95. The number of aryl methyl sites for hydroxylation is 1. The Labute approximate surface area is 261 Å². The molecule has 44 heavy (non-hydrogen) atoms. The Morgan fingerprint density at radius 1 is 0.886 bits per heavy atom. The van der Waals surface area contributed by atoms with E-state index in [9.17, 15) is 18.0 Å². The molecule has 0 unspecified atom stereocenters. The molecule has 0 saturated carbocycles. The summed E-state index contributed by atoms with van der Waals surface area (Å²) in [5.74, 6) is 0.307. The van der Waals surface area contributed by atoms with Crippen LogP contribution >= 0.6 is 0 Å². The topological polar surface area (TPSA) is 114 Å². The number of rotatable bonds is 15. The number of ether oxygens (including phenoxy) is 3. The second kappa shape index (κ2) is 15.5. The van der Waals surface area contributed by atoms with E-state index in [0.717, 1.165) is 15.4 Å². The Morgan fingerprint density at radius 3 is 2.07 bits per heavy atom. The first-order chi connectivity index (χ1) is 20.9. The van der Waals surface area contributed by atoms with Gasteiger partial charge in [0.2, 0.25) is 11.8 Å². The second-order valence-corrected chi connectivity index (χ2v) is 12.4. The van der Waals surface area contributed by atoms with E-state index in [1.54, 1.807) is 24.3 Å². The largest absolute Gasteiger partial charge is 0.494 e. The minimum absolute atomic E-state index is 0.0912. The molecule has 0 radical (unpaired) electrons. The molecule has 1 N–H and O–H groups in total. The predicted molar refractivity (Wildman–Crippen MR) is 171 cm³/mol. The Balaban J connectivity index is 2.11. The molecule has 0 aliphatic heterocycles. The molecule has 0 aromatic heterocycles. The number of nitrogens with one attached hydrogen (secondary N) is 1. The van der Waals surface area contributed by atoms with Gasteiger partial charge < -0.3 is 24.4 Å². The fraction of sp³-hybridized carbons (Fsp3) is 0.394. The third-order valence-corrected chi connectivity index (χ3v) is 8.72. The van der Waals surface area contributed by atoms with Gasteiger partial charge in [0.05, 0.1) is 31.4 Å². The van der Waals surface area contributed by atoms with E-state index in [1.807, 2.05) is 58.9 Å². The van der Waals surface area contributed by atoms with Crippen molar-refractivity contribution in [2.24, 2.45) is 0 Å². The van der Waals surface area contributed by atoms with Crippen molar-refractivity contribution in [3.05, 3.63) is 77.9 Å². The zero-order chi connectivity index (χ0) is 32.4. The van der Waals surface area contributed by atoms with Gasteiger partial charge in [0.1, 0.15) is 18.3 Å². The molecular weight excluding hydrogens is 582 g/mol. The highest BCUT2D eigenvalue weighted by Crippen LogP contribution is 2.33. The smallest absolute Gasteiger partial charge is 0.264 e. The average molecular weight is 626 g/mol. The first-order valence-corrected chi connectivity index (χ1v) is 16.0. The monoisotopic (exact) mass is 625 g/mol. The molecule has 0 heterocycles. The zero-order valence-electron chi connectivity index (χ0n) is 26.5. The quantitative estimate of drug-likeness (QED) is 0.255. The maximum atomic E-state index is 14.2. The van der Waals surface area contributed by atoms with Gasteiger partial charge in [0.15, 0.2) is 11.5 Å². The maximum Gasteiger partial charge on any atom is 0.264 e. The molecule has 2 amide bonds. The van der Waals surface area contributed by atoms with Crippen molar-refractivity contribution in [1.29, 1.82) is 0 Å². The van der Waals surface area contributed by atoms with Crippen LogP contribution in [0.15, 0.2) is 71.6 Å². The number of nitrogens with zero attached hydrogens (tertiary/aromatic N) is 2. The number of sulfonamides is 1. The summed E-state index contributed by atoms with van der Waals surface area (Å²) in [7, 11) is -1.43. The molecule has 3 aromatic rings. The molecule has 0 fully saturated rings. The van der Waals surface area contributed by atoms with Crippen molar-refractivity contribution in [3.63, 3.8) is 0 Å². The normalized spacial score (nSPS) is 11.9. The summed E-state index contributed by atoms with van der Waals surface area (Å²) in [5.41, 5.74) is 2.13. The predicted octanol–water partition coefficient (Wildman–Crippen LogP) is 4.94. The van der Waals surface area contributed by atoms with Crippen LogP contribution in [0.3, 0.4) is 0 Å². The number of hydrogen-bond acceptors (Lipinski definition) is 7.